The highest BCUT2D eigenvalue weighted by atomic mass is 16.5. The number of fused-ring (bicyclic) bond motifs is 7. The quantitative estimate of drug-likeness (QED) is 0.182. The minimum absolute atomic E-state index is 0.0514. The summed E-state index contributed by atoms with van der Waals surface area (Å²) in [4.78, 5) is 50.7. The van der Waals surface area contributed by atoms with Gasteiger partial charge < -0.3 is 15.2 Å². The van der Waals surface area contributed by atoms with Crippen molar-refractivity contribution in [2.24, 2.45) is 44.8 Å². The lowest BCUT2D eigenvalue weighted by molar-refractivity contribution is -0.210. The fourth-order valence-electron chi connectivity index (χ4n) is 11.2. The molecule has 0 heterocycles. The normalized spacial score (nSPS) is 44.1. The molecule has 0 bridgehead atoms. The molecule has 0 unspecified atom stereocenters. The zero-order valence-electron chi connectivity index (χ0n) is 28.0. The highest BCUT2D eigenvalue weighted by molar-refractivity contribution is 5.95. The summed E-state index contributed by atoms with van der Waals surface area (Å²) in [7, 11) is 1.34. The van der Waals surface area contributed by atoms with E-state index in [1.807, 2.05) is 6.08 Å². The maximum absolute atomic E-state index is 14.6. The molecule has 0 radical (unpaired) electrons. The van der Waals surface area contributed by atoms with Crippen LogP contribution in [0.25, 0.3) is 0 Å². The van der Waals surface area contributed by atoms with Gasteiger partial charge in [-0.2, -0.15) is 0 Å². The van der Waals surface area contributed by atoms with Gasteiger partial charge >= 0.3 is 18.0 Å². The van der Waals surface area contributed by atoms with Crippen LogP contribution in [-0.4, -0.2) is 57.8 Å². The molecule has 44 heavy (non-hydrogen) atoms. The molecule has 4 saturated carbocycles. The van der Waals surface area contributed by atoms with Crippen molar-refractivity contribution >= 4 is 23.8 Å². The number of hydroxylamine groups is 2. The van der Waals surface area contributed by atoms with Gasteiger partial charge in [-0.25, -0.2) is 9.86 Å². The van der Waals surface area contributed by atoms with Crippen molar-refractivity contribution in [3.63, 3.8) is 0 Å². The molecular weight excluding hydrogens is 560 g/mol. The topological polar surface area (TPSA) is 133 Å². The molecule has 5 aliphatic carbocycles. The number of allylic oxidation sites excluding steroid dienone is 2. The molecule has 0 aromatic rings. The summed E-state index contributed by atoms with van der Waals surface area (Å²) in [5.41, 5.74) is -0.178. The van der Waals surface area contributed by atoms with E-state index in [0.717, 1.165) is 51.4 Å². The fourth-order valence-corrected chi connectivity index (χ4v) is 11.2. The predicted molar refractivity (Wildman–Crippen MR) is 165 cm³/mol. The van der Waals surface area contributed by atoms with Crippen molar-refractivity contribution in [3.05, 3.63) is 11.6 Å². The highest BCUT2D eigenvalue weighted by Gasteiger charge is 2.70. The third kappa shape index (κ3) is 4.91. The van der Waals surface area contributed by atoms with Gasteiger partial charge in [0.15, 0.2) is 5.78 Å². The Hall–Kier alpha value is -2.42. The summed E-state index contributed by atoms with van der Waals surface area (Å²) in [5, 5.41) is 22.4. The molecule has 3 N–H and O–H groups in total. The Morgan fingerprint density at radius 1 is 0.955 bits per heavy atom. The van der Waals surface area contributed by atoms with Crippen LogP contribution in [0.2, 0.25) is 0 Å². The van der Waals surface area contributed by atoms with Gasteiger partial charge in [0.2, 0.25) is 0 Å². The number of hydrogen-bond acceptors (Lipinski definition) is 6. The molecule has 0 aromatic carbocycles. The van der Waals surface area contributed by atoms with Crippen LogP contribution in [0.15, 0.2) is 11.6 Å². The monoisotopic (exact) mass is 614 g/mol. The third-order valence-corrected chi connectivity index (χ3v) is 14.0. The second-order valence-electron chi connectivity index (χ2n) is 16.9. The lowest BCUT2D eigenvalue weighted by Gasteiger charge is -2.70. The second-order valence-corrected chi connectivity index (χ2v) is 16.9. The molecule has 5 aliphatic rings. The average molecular weight is 615 g/mol. The maximum atomic E-state index is 14.6. The van der Waals surface area contributed by atoms with Crippen LogP contribution < -0.4 is 5.32 Å². The minimum Gasteiger partial charge on any atom is -0.481 e. The van der Waals surface area contributed by atoms with Gasteiger partial charge in [0.25, 0.3) is 0 Å². The van der Waals surface area contributed by atoms with E-state index in [2.05, 4.69) is 53.8 Å². The Morgan fingerprint density at radius 3 is 2.25 bits per heavy atom. The smallest absolute Gasteiger partial charge is 0.341 e. The molecule has 2 amide bonds. The maximum Gasteiger partial charge on any atom is 0.341 e. The van der Waals surface area contributed by atoms with Gasteiger partial charge in [0.05, 0.1) is 12.8 Å². The van der Waals surface area contributed by atoms with E-state index in [1.165, 1.54) is 12.6 Å². The van der Waals surface area contributed by atoms with Crippen molar-refractivity contribution in [2.75, 3.05) is 7.05 Å². The third-order valence-electron chi connectivity index (χ3n) is 14.0. The Kier molecular flexibility index (Phi) is 7.91. The van der Waals surface area contributed by atoms with Gasteiger partial charge in [-0.1, -0.05) is 47.1 Å². The molecule has 9 nitrogen and oxygen atoms in total. The van der Waals surface area contributed by atoms with E-state index in [1.54, 1.807) is 0 Å². The van der Waals surface area contributed by atoms with E-state index in [-0.39, 0.29) is 69.6 Å². The first-order valence-electron chi connectivity index (χ1n) is 16.6. The number of hydrogen-bond donors (Lipinski definition) is 3. The summed E-state index contributed by atoms with van der Waals surface area (Å²) in [6.07, 6.45) is 9.24. The molecule has 9 heteroatoms. The Bertz CT molecular complexity index is 1280. The SMILES string of the molecule is CN(O)C(=O)N[C@@]1(C)CC[C@]2(C)CC[C@]3(C)C(=CC(=O)[C@@H]4[C@@]5(C)CC[C@H](OC(=O)CCC(=O)O)C(C)(C)[C@@H]5CC[C@]43C)[C@@H]2C1. The largest absolute Gasteiger partial charge is 0.481 e. The standard InChI is InChI=1S/C35H54N2O7/c1-30(2)24-11-14-35(7)28(33(24,5)13-12-25(30)44-27(41)10-9-26(39)40)23(38)19-21-22-20-32(4,36-29(42)37(8)43)17-15-31(22,3)16-18-34(21,35)6/h19,22,24-25,28,43H,9-18,20H2,1-8H3,(H,36,42)(H,39,40)/t22-,24-,25-,28+,31+,32-,33-,34+,35+/m0/s1. The molecule has 0 spiro atoms. The van der Waals surface area contributed by atoms with E-state index < -0.39 is 23.5 Å². The number of carbonyl (C=O) groups excluding carboxylic acids is 3. The highest BCUT2D eigenvalue weighted by Crippen LogP contribution is 2.75. The van der Waals surface area contributed by atoms with Crippen LogP contribution in [0, 0.1) is 44.8 Å². The predicted octanol–water partition coefficient (Wildman–Crippen LogP) is 6.53. The number of carbonyl (C=O) groups is 4. The number of urea groups is 1. The Balaban J connectivity index is 1.46. The number of carboxylic acid groups (broad SMARTS) is 1. The number of carboxylic acids is 1. The van der Waals surface area contributed by atoms with E-state index in [0.29, 0.717) is 11.5 Å². The summed E-state index contributed by atoms with van der Waals surface area (Å²) in [6, 6.07) is -0.507. The van der Waals surface area contributed by atoms with Crippen LogP contribution in [0.5, 0.6) is 0 Å². The van der Waals surface area contributed by atoms with Crippen LogP contribution in [-0.2, 0) is 19.1 Å². The van der Waals surface area contributed by atoms with Gasteiger partial charge in [-0.3, -0.25) is 19.6 Å². The van der Waals surface area contributed by atoms with E-state index in [4.69, 9.17) is 9.84 Å². The van der Waals surface area contributed by atoms with E-state index >= 15 is 0 Å². The zero-order valence-corrected chi connectivity index (χ0v) is 28.0. The minimum atomic E-state index is -1.01. The fraction of sp³-hybridized carbons (Fsp3) is 0.829. The van der Waals surface area contributed by atoms with Crippen LogP contribution in [0.3, 0.4) is 0 Å². The van der Waals surface area contributed by atoms with Crippen molar-refractivity contribution in [3.8, 4) is 0 Å². The molecular formula is C35H54N2O7. The summed E-state index contributed by atoms with van der Waals surface area (Å²) >= 11 is 0. The molecule has 0 saturated heterocycles. The summed E-state index contributed by atoms with van der Waals surface area (Å²) in [5.74, 6) is -1.06. The van der Waals surface area contributed by atoms with Gasteiger partial charge in [0, 0.05) is 23.9 Å². The first-order valence-corrected chi connectivity index (χ1v) is 16.6. The number of amides is 2. The van der Waals surface area contributed by atoms with Crippen molar-refractivity contribution in [1.82, 2.24) is 10.4 Å². The second kappa shape index (κ2) is 10.6. The van der Waals surface area contributed by atoms with Gasteiger partial charge in [0.1, 0.15) is 6.10 Å². The van der Waals surface area contributed by atoms with Gasteiger partial charge in [-0.05, 0) is 104 Å². The molecule has 0 aromatic heterocycles. The Labute approximate surface area is 262 Å². The van der Waals surface area contributed by atoms with Crippen molar-refractivity contribution in [1.29, 1.82) is 0 Å². The Morgan fingerprint density at radius 2 is 1.61 bits per heavy atom. The van der Waals surface area contributed by atoms with Crippen molar-refractivity contribution < 1.29 is 34.2 Å². The van der Waals surface area contributed by atoms with Crippen LogP contribution >= 0.6 is 0 Å². The van der Waals surface area contributed by atoms with E-state index in [9.17, 15) is 24.4 Å². The first-order chi connectivity index (χ1) is 20.2. The number of nitrogens with zero attached hydrogens (tertiary/aromatic N) is 1. The summed E-state index contributed by atoms with van der Waals surface area (Å²) < 4.78 is 5.93. The number of esters is 1. The number of ether oxygens (including phenoxy) is 1. The number of aliphatic carboxylic acids is 1. The van der Waals surface area contributed by atoms with Crippen LogP contribution in [0.1, 0.15) is 119 Å². The van der Waals surface area contributed by atoms with Crippen molar-refractivity contribution in [2.45, 2.75) is 131 Å². The molecule has 4 fully saturated rings. The van der Waals surface area contributed by atoms with Crippen LogP contribution in [0.4, 0.5) is 4.79 Å². The average Bonchev–Trinajstić information content (AvgIpc) is 2.91. The lowest BCUT2D eigenvalue weighted by Crippen LogP contribution is -2.67. The summed E-state index contributed by atoms with van der Waals surface area (Å²) in [6.45, 7) is 15.8. The molecule has 5 rings (SSSR count). The lowest BCUT2D eigenvalue weighted by atomic mass is 9.33. The molecule has 246 valence electrons. The zero-order chi connectivity index (χ0) is 32.7. The molecule has 0 aliphatic heterocycles. The number of ketones is 1. The number of nitrogens with one attached hydrogen (secondary N) is 1. The first kappa shape index (κ1) is 33.0. The number of rotatable bonds is 5. The van der Waals surface area contributed by atoms with Gasteiger partial charge in [-0.15, -0.1) is 0 Å². The molecule has 9 atom stereocenters.